The van der Waals surface area contributed by atoms with Crippen molar-refractivity contribution in [3.05, 3.63) is 41.0 Å². The zero-order valence-electron chi connectivity index (χ0n) is 6.63. The molecule has 1 radical (unpaired) electrons. The number of nitrogens with zero attached hydrogens (tertiary/aromatic N) is 1. The van der Waals surface area contributed by atoms with Crippen LogP contribution in [0.15, 0.2) is 24.3 Å². The zero-order valence-corrected chi connectivity index (χ0v) is 7.39. The maximum absolute atomic E-state index is 6.01. The van der Waals surface area contributed by atoms with Gasteiger partial charge in [0.1, 0.15) is 0 Å². The van der Waals surface area contributed by atoms with E-state index in [1.165, 1.54) is 0 Å². The molecule has 59 valence electrons. The molecule has 1 aromatic carbocycles. The first-order valence-corrected chi connectivity index (χ1v) is 4.08. The summed E-state index contributed by atoms with van der Waals surface area (Å²) in [6, 6.07) is 10.4. The van der Waals surface area contributed by atoms with Crippen molar-refractivity contribution in [3.63, 3.8) is 0 Å². The molecule has 2 heteroatoms. The largest absolute Gasteiger partial charge is 0.253 e. The Morgan fingerprint density at radius 2 is 2.33 bits per heavy atom. The molecule has 0 aliphatic carbocycles. The monoisotopic (exact) mass is 176 g/mol. The smallest absolute Gasteiger partial charge is 0.0726 e. The molecule has 0 amide bonds. The molecule has 1 heterocycles. The van der Waals surface area contributed by atoms with Crippen molar-refractivity contribution in [2.45, 2.75) is 6.92 Å². The second-order valence-electron chi connectivity index (χ2n) is 2.69. The van der Waals surface area contributed by atoms with Crippen LogP contribution in [0.3, 0.4) is 0 Å². The Bertz CT molecular complexity index is 423. The van der Waals surface area contributed by atoms with Crippen LogP contribution in [0.2, 0.25) is 5.02 Å². The zero-order chi connectivity index (χ0) is 8.55. The number of hydrogen-bond acceptors (Lipinski definition) is 1. The Morgan fingerprint density at radius 3 is 3.17 bits per heavy atom. The van der Waals surface area contributed by atoms with Gasteiger partial charge in [0.15, 0.2) is 0 Å². The predicted molar refractivity (Wildman–Crippen MR) is 50.3 cm³/mol. The number of halogens is 1. The van der Waals surface area contributed by atoms with Crippen molar-refractivity contribution in [1.29, 1.82) is 0 Å². The molecule has 2 rings (SSSR count). The summed E-state index contributed by atoms with van der Waals surface area (Å²) in [5.74, 6) is 0. The number of pyridine rings is 1. The molecule has 0 saturated carbocycles. The van der Waals surface area contributed by atoms with E-state index in [0.717, 1.165) is 21.6 Å². The second kappa shape index (κ2) is 2.76. The molecule has 1 aromatic heterocycles. The van der Waals surface area contributed by atoms with E-state index in [-0.39, 0.29) is 0 Å². The van der Waals surface area contributed by atoms with Crippen LogP contribution < -0.4 is 0 Å². The highest BCUT2D eigenvalue weighted by Gasteiger charge is 1.99. The molecule has 0 aliphatic rings. The first-order chi connectivity index (χ1) is 5.77. The van der Waals surface area contributed by atoms with Crippen molar-refractivity contribution >= 4 is 22.5 Å². The summed E-state index contributed by atoms with van der Waals surface area (Å²) >= 11 is 6.01. The molecule has 1 nitrogen and oxygen atoms in total. The number of fused-ring (bicyclic) bond motifs is 1. The summed E-state index contributed by atoms with van der Waals surface area (Å²) in [7, 11) is 0. The summed E-state index contributed by atoms with van der Waals surface area (Å²) in [4.78, 5) is 4.32. The summed E-state index contributed by atoms with van der Waals surface area (Å²) in [5, 5.41) is 1.74. The van der Waals surface area contributed by atoms with Crippen LogP contribution in [0.4, 0.5) is 0 Å². The third-order valence-corrected chi connectivity index (χ3v) is 2.04. The molecule has 2 aromatic rings. The fourth-order valence-electron chi connectivity index (χ4n) is 1.20. The van der Waals surface area contributed by atoms with E-state index in [4.69, 9.17) is 11.6 Å². The lowest BCUT2D eigenvalue weighted by Crippen LogP contribution is -1.83. The van der Waals surface area contributed by atoms with Crippen LogP contribution in [-0.2, 0) is 0 Å². The van der Waals surface area contributed by atoms with E-state index >= 15 is 0 Å². The van der Waals surface area contributed by atoms with Crippen molar-refractivity contribution in [2.24, 2.45) is 0 Å². The summed E-state index contributed by atoms with van der Waals surface area (Å²) in [5.41, 5.74) is 1.84. The molecule has 0 N–H and O–H groups in total. The minimum atomic E-state index is 0.756. The van der Waals surface area contributed by atoms with E-state index in [1.54, 1.807) is 0 Å². The number of rotatable bonds is 0. The molecule has 0 saturated heterocycles. The fraction of sp³-hybridized carbons (Fsp3) is 0.100. The summed E-state index contributed by atoms with van der Waals surface area (Å²) in [6.45, 7) is 1.93. The highest BCUT2D eigenvalue weighted by Crippen LogP contribution is 2.21. The number of hydrogen-bond donors (Lipinski definition) is 0. The highest BCUT2D eigenvalue weighted by molar-refractivity contribution is 6.35. The van der Waals surface area contributed by atoms with Crippen LogP contribution in [0.1, 0.15) is 5.69 Å². The predicted octanol–water partition coefficient (Wildman–Crippen LogP) is 3.00. The SMILES string of the molecule is Cc1cc(Cl)c2cc[c]cc2n1. The normalized spacial score (nSPS) is 10.5. The topological polar surface area (TPSA) is 12.9 Å². The summed E-state index contributed by atoms with van der Waals surface area (Å²) < 4.78 is 0. The van der Waals surface area contributed by atoms with E-state index < -0.39 is 0 Å². The molecule has 0 atom stereocenters. The van der Waals surface area contributed by atoms with Crippen LogP contribution in [-0.4, -0.2) is 4.98 Å². The van der Waals surface area contributed by atoms with Crippen molar-refractivity contribution in [3.8, 4) is 0 Å². The van der Waals surface area contributed by atoms with Crippen molar-refractivity contribution in [1.82, 2.24) is 4.98 Å². The van der Waals surface area contributed by atoms with E-state index in [2.05, 4.69) is 11.1 Å². The Labute approximate surface area is 76.0 Å². The Balaban J connectivity index is 2.89. The first-order valence-electron chi connectivity index (χ1n) is 3.70. The minimum absolute atomic E-state index is 0.756. The maximum atomic E-state index is 6.01. The third-order valence-electron chi connectivity index (χ3n) is 1.73. The number of aromatic nitrogens is 1. The van der Waals surface area contributed by atoms with Crippen molar-refractivity contribution in [2.75, 3.05) is 0 Å². The van der Waals surface area contributed by atoms with Crippen molar-refractivity contribution < 1.29 is 0 Å². The van der Waals surface area contributed by atoms with Gasteiger partial charge in [0.05, 0.1) is 10.5 Å². The average Bonchev–Trinajstić information content (AvgIpc) is 2.04. The molecule has 12 heavy (non-hydrogen) atoms. The molecule has 0 spiro atoms. The Kier molecular flexibility index (Phi) is 1.74. The third kappa shape index (κ3) is 1.16. The van der Waals surface area contributed by atoms with Crippen LogP contribution in [0.25, 0.3) is 10.9 Å². The number of aryl methyl sites for hydroxylation is 1. The Morgan fingerprint density at radius 1 is 1.50 bits per heavy atom. The molecule has 0 bridgehead atoms. The highest BCUT2D eigenvalue weighted by atomic mass is 35.5. The van der Waals surface area contributed by atoms with Crippen LogP contribution in [0, 0.1) is 13.0 Å². The van der Waals surface area contributed by atoms with Gasteiger partial charge in [0.2, 0.25) is 0 Å². The second-order valence-corrected chi connectivity index (χ2v) is 3.10. The van der Waals surface area contributed by atoms with Gasteiger partial charge in [-0.25, -0.2) is 0 Å². The molecular weight excluding hydrogens is 170 g/mol. The minimum Gasteiger partial charge on any atom is -0.253 e. The van der Waals surface area contributed by atoms with Gasteiger partial charge in [0, 0.05) is 11.1 Å². The van der Waals surface area contributed by atoms with Crippen LogP contribution >= 0.6 is 11.6 Å². The van der Waals surface area contributed by atoms with Gasteiger partial charge in [-0.2, -0.15) is 0 Å². The van der Waals surface area contributed by atoms with Crippen LogP contribution in [0.5, 0.6) is 0 Å². The van der Waals surface area contributed by atoms with Gasteiger partial charge >= 0.3 is 0 Å². The van der Waals surface area contributed by atoms with Gasteiger partial charge in [0.25, 0.3) is 0 Å². The lowest BCUT2D eigenvalue weighted by Gasteiger charge is -1.99. The van der Waals surface area contributed by atoms with Gasteiger partial charge in [-0.05, 0) is 25.1 Å². The van der Waals surface area contributed by atoms with Gasteiger partial charge in [-0.15, -0.1) is 0 Å². The van der Waals surface area contributed by atoms with Gasteiger partial charge in [-0.3, -0.25) is 4.98 Å². The molecule has 0 aliphatic heterocycles. The maximum Gasteiger partial charge on any atom is 0.0726 e. The molecular formula is C10H7ClN. The van der Waals surface area contributed by atoms with E-state index in [9.17, 15) is 0 Å². The fourth-order valence-corrected chi connectivity index (χ4v) is 1.52. The lowest BCUT2D eigenvalue weighted by molar-refractivity contribution is 1.26. The first kappa shape index (κ1) is 7.56. The number of benzene rings is 1. The Hall–Kier alpha value is -1.08. The molecule has 0 unspecified atom stereocenters. The van der Waals surface area contributed by atoms with E-state index in [1.807, 2.05) is 31.2 Å². The van der Waals surface area contributed by atoms with Gasteiger partial charge < -0.3 is 0 Å². The summed E-state index contributed by atoms with van der Waals surface area (Å²) in [6.07, 6.45) is 0. The van der Waals surface area contributed by atoms with E-state index in [0.29, 0.717) is 0 Å². The quantitative estimate of drug-likeness (QED) is 0.602. The standard InChI is InChI=1S/C10H7ClN/c1-7-6-9(11)8-4-2-3-5-10(8)12-7/h2,4-6H,1H3. The van der Waals surface area contributed by atoms with Gasteiger partial charge in [-0.1, -0.05) is 23.7 Å². The lowest BCUT2D eigenvalue weighted by atomic mass is 10.2. The average molecular weight is 177 g/mol. The molecule has 0 fully saturated rings.